The van der Waals surface area contributed by atoms with Crippen molar-refractivity contribution in [1.82, 2.24) is 0 Å². The molecule has 4 heteroatoms. The first kappa shape index (κ1) is 13.2. The van der Waals surface area contributed by atoms with Crippen LogP contribution in [0.1, 0.15) is 37.0 Å². The predicted molar refractivity (Wildman–Crippen MR) is 67.7 cm³/mol. The van der Waals surface area contributed by atoms with Gasteiger partial charge < -0.3 is 11.1 Å². The highest BCUT2D eigenvalue weighted by Crippen LogP contribution is 2.12. The third-order valence-corrected chi connectivity index (χ3v) is 2.38. The Bertz CT molecular complexity index is 414. The molecule has 0 saturated heterocycles. The van der Waals surface area contributed by atoms with Crippen molar-refractivity contribution < 1.29 is 9.59 Å². The number of carbonyl (C=O) groups is 2. The van der Waals surface area contributed by atoms with Gasteiger partial charge in [0.1, 0.15) is 0 Å². The minimum Gasteiger partial charge on any atom is -0.366 e. The van der Waals surface area contributed by atoms with Crippen molar-refractivity contribution in [3.8, 4) is 0 Å². The molecule has 92 valence electrons. The molecule has 2 amide bonds. The Morgan fingerprint density at radius 3 is 2.65 bits per heavy atom. The molecule has 3 N–H and O–H groups in total. The van der Waals surface area contributed by atoms with Gasteiger partial charge in [-0.15, -0.1) is 0 Å². The minimum absolute atomic E-state index is 0.0414. The Morgan fingerprint density at radius 2 is 2.06 bits per heavy atom. The lowest BCUT2D eigenvalue weighted by molar-refractivity contribution is -0.116. The normalized spacial score (nSPS) is 10.3. The average Bonchev–Trinajstić information content (AvgIpc) is 2.26. The van der Waals surface area contributed by atoms with Gasteiger partial charge in [0.25, 0.3) is 0 Å². The molecule has 17 heavy (non-hydrogen) atoms. The van der Waals surface area contributed by atoms with Crippen molar-refractivity contribution in [2.75, 3.05) is 5.32 Å². The number of carbonyl (C=O) groups excluding carboxylic acids is 2. The number of hydrogen-bond donors (Lipinski definition) is 2. The van der Waals surface area contributed by atoms with Gasteiger partial charge in [-0.25, -0.2) is 0 Å². The molecule has 1 aromatic rings. The highest BCUT2D eigenvalue weighted by Gasteiger charge is 2.06. The number of benzene rings is 1. The van der Waals surface area contributed by atoms with Gasteiger partial charge in [0.2, 0.25) is 11.8 Å². The number of hydrogen-bond acceptors (Lipinski definition) is 2. The molecule has 4 nitrogen and oxygen atoms in total. The SMILES string of the molecule is CC(C)CCC(=O)Nc1cccc(C(N)=O)c1. The Hall–Kier alpha value is -1.84. The van der Waals surface area contributed by atoms with E-state index in [1.54, 1.807) is 24.3 Å². The van der Waals surface area contributed by atoms with Crippen LogP contribution in [0.25, 0.3) is 0 Å². The summed E-state index contributed by atoms with van der Waals surface area (Å²) < 4.78 is 0. The minimum atomic E-state index is -0.497. The third-order valence-electron chi connectivity index (χ3n) is 2.38. The van der Waals surface area contributed by atoms with Gasteiger partial charge in [-0.05, 0) is 30.5 Å². The highest BCUT2D eigenvalue weighted by atomic mass is 16.2. The van der Waals surface area contributed by atoms with Gasteiger partial charge in [0.15, 0.2) is 0 Å². The van der Waals surface area contributed by atoms with Gasteiger partial charge in [0.05, 0.1) is 0 Å². The molecule has 0 aliphatic heterocycles. The summed E-state index contributed by atoms with van der Waals surface area (Å²) in [5, 5.41) is 2.75. The van der Waals surface area contributed by atoms with Crippen LogP contribution in [0.3, 0.4) is 0 Å². The van der Waals surface area contributed by atoms with E-state index in [4.69, 9.17) is 5.73 Å². The molecule has 0 saturated carbocycles. The standard InChI is InChI=1S/C13H18N2O2/c1-9(2)6-7-12(16)15-11-5-3-4-10(8-11)13(14)17/h3-5,8-9H,6-7H2,1-2H3,(H2,14,17)(H,15,16). The van der Waals surface area contributed by atoms with Crippen LogP contribution in [0.15, 0.2) is 24.3 Å². The van der Waals surface area contributed by atoms with Crippen LogP contribution in [0.4, 0.5) is 5.69 Å². The summed E-state index contributed by atoms with van der Waals surface area (Å²) in [5.74, 6) is -0.0405. The number of anilines is 1. The first-order valence-electron chi connectivity index (χ1n) is 5.68. The first-order chi connectivity index (χ1) is 7.99. The summed E-state index contributed by atoms with van der Waals surface area (Å²) in [5.41, 5.74) is 6.16. The number of rotatable bonds is 5. The number of nitrogens with two attached hydrogens (primary N) is 1. The third kappa shape index (κ3) is 4.68. The van der Waals surface area contributed by atoms with Crippen LogP contribution >= 0.6 is 0 Å². The molecular weight excluding hydrogens is 216 g/mol. The van der Waals surface area contributed by atoms with Crippen LogP contribution in [0, 0.1) is 5.92 Å². The maximum Gasteiger partial charge on any atom is 0.248 e. The second-order valence-corrected chi connectivity index (χ2v) is 4.43. The van der Waals surface area contributed by atoms with E-state index in [0.29, 0.717) is 23.6 Å². The summed E-state index contributed by atoms with van der Waals surface area (Å²) in [6, 6.07) is 6.62. The molecule has 0 heterocycles. The van der Waals surface area contributed by atoms with E-state index >= 15 is 0 Å². The zero-order valence-electron chi connectivity index (χ0n) is 10.2. The Balaban J connectivity index is 2.59. The summed E-state index contributed by atoms with van der Waals surface area (Å²) in [4.78, 5) is 22.5. The van der Waals surface area contributed by atoms with Gasteiger partial charge in [-0.2, -0.15) is 0 Å². The number of amides is 2. The lowest BCUT2D eigenvalue weighted by atomic mass is 10.1. The van der Waals surface area contributed by atoms with Crippen LogP contribution in [0.5, 0.6) is 0 Å². The maximum absolute atomic E-state index is 11.6. The average molecular weight is 234 g/mol. The van der Waals surface area contributed by atoms with Gasteiger partial charge >= 0.3 is 0 Å². The fourth-order valence-electron chi connectivity index (χ4n) is 1.39. The molecule has 0 atom stereocenters. The van der Waals surface area contributed by atoms with E-state index in [-0.39, 0.29) is 5.91 Å². The highest BCUT2D eigenvalue weighted by molar-refractivity contribution is 5.96. The molecule has 0 aliphatic rings. The lowest BCUT2D eigenvalue weighted by Crippen LogP contribution is -2.14. The van der Waals surface area contributed by atoms with Crippen molar-refractivity contribution in [2.45, 2.75) is 26.7 Å². The molecule has 0 aromatic heterocycles. The maximum atomic E-state index is 11.6. The summed E-state index contributed by atoms with van der Waals surface area (Å²) in [6.07, 6.45) is 1.33. The van der Waals surface area contributed by atoms with E-state index in [0.717, 1.165) is 6.42 Å². The molecular formula is C13H18N2O2. The smallest absolute Gasteiger partial charge is 0.248 e. The topological polar surface area (TPSA) is 72.2 Å². The van der Waals surface area contributed by atoms with E-state index < -0.39 is 5.91 Å². The lowest BCUT2D eigenvalue weighted by Gasteiger charge is -2.07. The fraction of sp³-hybridized carbons (Fsp3) is 0.385. The predicted octanol–water partition coefficient (Wildman–Crippen LogP) is 2.16. The van der Waals surface area contributed by atoms with Gasteiger partial charge in [-0.1, -0.05) is 19.9 Å². The van der Waals surface area contributed by atoms with Gasteiger partial charge in [-0.3, -0.25) is 9.59 Å². The zero-order chi connectivity index (χ0) is 12.8. The number of nitrogens with one attached hydrogen (secondary N) is 1. The second kappa shape index (κ2) is 6.03. The van der Waals surface area contributed by atoms with Crippen molar-refractivity contribution in [2.24, 2.45) is 11.7 Å². The quantitative estimate of drug-likeness (QED) is 0.819. The summed E-state index contributed by atoms with van der Waals surface area (Å²) in [6.45, 7) is 4.14. The molecule has 1 aromatic carbocycles. The Kier molecular flexibility index (Phi) is 4.69. The van der Waals surface area contributed by atoms with Crippen LogP contribution in [-0.2, 0) is 4.79 Å². The second-order valence-electron chi connectivity index (χ2n) is 4.43. The number of primary amides is 1. The largest absolute Gasteiger partial charge is 0.366 e. The van der Waals surface area contributed by atoms with Crippen LogP contribution in [0.2, 0.25) is 0 Å². The molecule has 0 spiro atoms. The van der Waals surface area contributed by atoms with E-state index in [9.17, 15) is 9.59 Å². The van der Waals surface area contributed by atoms with Crippen molar-refractivity contribution >= 4 is 17.5 Å². The Labute approximate surface area is 101 Å². The molecule has 0 aliphatic carbocycles. The van der Waals surface area contributed by atoms with E-state index in [1.165, 1.54) is 0 Å². The summed E-state index contributed by atoms with van der Waals surface area (Å²) >= 11 is 0. The van der Waals surface area contributed by atoms with Crippen molar-refractivity contribution in [3.05, 3.63) is 29.8 Å². The molecule has 0 radical (unpaired) electrons. The van der Waals surface area contributed by atoms with Crippen molar-refractivity contribution in [1.29, 1.82) is 0 Å². The van der Waals surface area contributed by atoms with Gasteiger partial charge in [0, 0.05) is 17.7 Å². The van der Waals surface area contributed by atoms with Crippen molar-refractivity contribution in [3.63, 3.8) is 0 Å². The van der Waals surface area contributed by atoms with E-state index in [2.05, 4.69) is 19.2 Å². The molecule has 0 bridgehead atoms. The van der Waals surface area contributed by atoms with E-state index in [1.807, 2.05) is 0 Å². The monoisotopic (exact) mass is 234 g/mol. The summed E-state index contributed by atoms with van der Waals surface area (Å²) in [7, 11) is 0. The molecule has 0 unspecified atom stereocenters. The zero-order valence-corrected chi connectivity index (χ0v) is 10.2. The first-order valence-corrected chi connectivity index (χ1v) is 5.68. The molecule has 1 rings (SSSR count). The fourth-order valence-corrected chi connectivity index (χ4v) is 1.39. The van der Waals surface area contributed by atoms with Crippen LogP contribution < -0.4 is 11.1 Å². The Morgan fingerprint density at radius 1 is 1.35 bits per heavy atom. The molecule has 0 fully saturated rings. The van der Waals surface area contributed by atoms with Crippen LogP contribution in [-0.4, -0.2) is 11.8 Å².